The van der Waals surface area contributed by atoms with Crippen LogP contribution in [0.3, 0.4) is 0 Å². The molecule has 1 aliphatic carbocycles. The van der Waals surface area contributed by atoms with Crippen molar-refractivity contribution in [1.29, 1.82) is 0 Å². The number of hydrogen-bond donors (Lipinski definition) is 1. The van der Waals surface area contributed by atoms with Gasteiger partial charge < -0.3 is 14.8 Å². The van der Waals surface area contributed by atoms with E-state index in [1.165, 1.54) is 6.42 Å². The molecule has 0 spiro atoms. The molecule has 3 rings (SSSR count). The second-order valence-corrected chi connectivity index (χ2v) is 5.23. The van der Waals surface area contributed by atoms with E-state index >= 15 is 0 Å². The van der Waals surface area contributed by atoms with Crippen molar-refractivity contribution in [2.45, 2.75) is 32.2 Å². The van der Waals surface area contributed by atoms with E-state index in [9.17, 15) is 4.79 Å². The Kier molecular flexibility index (Phi) is 3.69. The van der Waals surface area contributed by atoms with Gasteiger partial charge in [-0.3, -0.25) is 4.79 Å². The van der Waals surface area contributed by atoms with Crippen LogP contribution < -0.4 is 14.8 Å². The summed E-state index contributed by atoms with van der Waals surface area (Å²) in [5.74, 6) is 2.26. The summed E-state index contributed by atoms with van der Waals surface area (Å²) < 4.78 is 10.6. The molecular weight excluding hydrogens is 242 g/mol. The number of ketones is 1. The summed E-state index contributed by atoms with van der Waals surface area (Å²) in [6, 6.07) is 5.96. The molecule has 1 N–H and O–H groups in total. The molecule has 0 saturated heterocycles. The fourth-order valence-corrected chi connectivity index (χ4v) is 2.71. The molecule has 1 aliphatic heterocycles. The lowest BCUT2D eigenvalue weighted by molar-refractivity contribution is -0.124. The van der Waals surface area contributed by atoms with Crippen LogP contribution in [-0.2, 0) is 11.3 Å². The average Bonchev–Trinajstić information content (AvgIpc) is 2.88. The first kappa shape index (κ1) is 12.5. The van der Waals surface area contributed by atoms with Crippen molar-refractivity contribution in [2.75, 3.05) is 13.3 Å². The van der Waals surface area contributed by atoms with Crippen LogP contribution in [0.4, 0.5) is 0 Å². The molecule has 19 heavy (non-hydrogen) atoms. The van der Waals surface area contributed by atoms with Gasteiger partial charge in [-0.25, -0.2) is 0 Å². The van der Waals surface area contributed by atoms with Gasteiger partial charge in [0.25, 0.3) is 0 Å². The zero-order valence-electron chi connectivity index (χ0n) is 11.0. The fourth-order valence-electron chi connectivity index (χ4n) is 2.71. The first-order chi connectivity index (χ1) is 9.33. The summed E-state index contributed by atoms with van der Waals surface area (Å²) in [5.41, 5.74) is 1.16. The van der Waals surface area contributed by atoms with Crippen LogP contribution >= 0.6 is 0 Å². The van der Waals surface area contributed by atoms with Gasteiger partial charge in [-0.1, -0.05) is 12.5 Å². The topological polar surface area (TPSA) is 47.6 Å². The molecule has 0 amide bonds. The highest BCUT2D eigenvalue weighted by molar-refractivity contribution is 5.81. The molecule has 102 valence electrons. The van der Waals surface area contributed by atoms with Gasteiger partial charge in [-0.2, -0.15) is 0 Å². The predicted molar refractivity (Wildman–Crippen MR) is 71.2 cm³/mol. The quantitative estimate of drug-likeness (QED) is 0.903. The lowest BCUT2D eigenvalue weighted by Crippen LogP contribution is -2.30. The van der Waals surface area contributed by atoms with Crippen molar-refractivity contribution in [2.24, 2.45) is 5.92 Å². The number of hydrogen-bond acceptors (Lipinski definition) is 4. The normalized spacial score (nSPS) is 21.7. The maximum absolute atomic E-state index is 11.7. The van der Waals surface area contributed by atoms with Crippen molar-refractivity contribution in [3.05, 3.63) is 23.8 Å². The molecule has 1 aromatic rings. The first-order valence-electron chi connectivity index (χ1n) is 6.95. The number of fused-ring (bicyclic) bond motifs is 1. The van der Waals surface area contributed by atoms with Crippen molar-refractivity contribution in [1.82, 2.24) is 5.32 Å². The number of ether oxygens (including phenoxy) is 2. The minimum Gasteiger partial charge on any atom is -0.454 e. The zero-order chi connectivity index (χ0) is 13.1. The van der Waals surface area contributed by atoms with E-state index in [0.29, 0.717) is 12.6 Å². The number of rotatable bonds is 4. The Bertz CT molecular complexity index is 472. The molecule has 4 nitrogen and oxygen atoms in total. The van der Waals surface area contributed by atoms with E-state index in [0.717, 1.165) is 49.4 Å². The van der Waals surface area contributed by atoms with E-state index in [4.69, 9.17) is 9.47 Å². The second kappa shape index (κ2) is 5.61. The van der Waals surface area contributed by atoms with Gasteiger partial charge in [0.1, 0.15) is 5.78 Å². The molecule has 1 unspecified atom stereocenters. The largest absolute Gasteiger partial charge is 0.454 e. The van der Waals surface area contributed by atoms with Gasteiger partial charge in [-0.05, 0) is 30.5 Å². The predicted octanol–water partition coefficient (Wildman–Crippen LogP) is 2.26. The number of carbonyl (C=O) groups excluding carboxylic acids is 1. The Hall–Kier alpha value is -1.55. The van der Waals surface area contributed by atoms with Gasteiger partial charge in [0.2, 0.25) is 6.79 Å². The Morgan fingerprint density at radius 1 is 1.21 bits per heavy atom. The molecule has 0 bridgehead atoms. The lowest BCUT2D eigenvalue weighted by Gasteiger charge is -2.20. The monoisotopic (exact) mass is 261 g/mol. The Morgan fingerprint density at radius 3 is 3.00 bits per heavy atom. The maximum Gasteiger partial charge on any atom is 0.231 e. The number of nitrogens with one attached hydrogen (secondary N) is 1. The molecule has 1 aromatic carbocycles. The molecule has 1 fully saturated rings. The van der Waals surface area contributed by atoms with E-state index in [1.54, 1.807) is 0 Å². The van der Waals surface area contributed by atoms with Crippen molar-refractivity contribution < 1.29 is 14.3 Å². The van der Waals surface area contributed by atoms with Gasteiger partial charge in [-0.15, -0.1) is 0 Å². The third kappa shape index (κ3) is 2.89. The van der Waals surface area contributed by atoms with Gasteiger partial charge >= 0.3 is 0 Å². The minimum atomic E-state index is 0.211. The molecule has 1 saturated carbocycles. The molecular formula is C15H19NO3. The van der Waals surface area contributed by atoms with Crippen LogP contribution in [0.15, 0.2) is 18.2 Å². The molecule has 1 heterocycles. The van der Waals surface area contributed by atoms with Crippen LogP contribution in [0.2, 0.25) is 0 Å². The van der Waals surface area contributed by atoms with Crippen LogP contribution in [0.1, 0.15) is 31.2 Å². The summed E-state index contributed by atoms with van der Waals surface area (Å²) in [7, 11) is 0. The summed E-state index contributed by atoms with van der Waals surface area (Å²) in [6.07, 6.45) is 4.04. The fraction of sp³-hybridized carbons (Fsp3) is 0.533. The zero-order valence-corrected chi connectivity index (χ0v) is 11.0. The maximum atomic E-state index is 11.7. The second-order valence-electron chi connectivity index (χ2n) is 5.23. The highest BCUT2D eigenvalue weighted by Gasteiger charge is 2.21. The third-order valence-corrected chi connectivity index (χ3v) is 3.84. The lowest BCUT2D eigenvalue weighted by atomic mass is 9.88. The van der Waals surface area contributed by atoms with Crippen LogP contribution in [0.5, 0.6) is 11.5 Å². The summed E-state index contributed by atoms with van der Waals surface area (Å²) in [4.78, 5) is 11.7. The van der Waals surface area contributed by atoms with Gasteiger partial charge in [0.15, 0.2) is 11.5 Å². The van der Waals surface area contributed by atoms with Crippen LogP contribution in [0, 0.1) is 5.92 Å². The van der Waals surface area contributed by atoms with E-state index in [-0.39, 0.29) is 5.92 Å². The number of Topliss-reactive ketones (excluding diaryl/α,β-unsaturated/α-hetero) is 1. The summed E-state index contributed by atoms with van der Waals surface area (Å²) >= 11 is 0. The average molecular weight is 261 g/mol. The molecule has 0 aromatic heterocycles. The van der Waals surface area contributed by atoms with Crippen molar-refractivity contribution in [3.63, 3.8) is 0 Å². The highest BCUT2D eigenvalue weighted by atomic mass is 16.7. The van der Waals surface area contributed by atoms with Crippen LogP contribution in [-0.4, -0.2) is 19.1 Å². The Balaban J connectivity index is 1.51. The Morgan fingerprint density at radius 2 is 2.11 bits per heavy atom. The van der Waals surface area contributed by atoms with E-state index < -0.39 is 0 Å². The first-order valence-corrected chi connectivity index (χ1v) is 6.95. The highest BCUT2D eigenvalue weighted by Crippen LogP contribution is 2.32. The summed E-state index contributed by atoms with van der Waals surface area (Å²) in [6.45, 7) is 1.86. The van der Waals surface area contributed by atoms with Crippen LogP contribution in [0.25, 0.3) is 0 Å². The number of carbonyl (C=O) groups is 1. The molecule has 4 heteroatoms. The van der Waals surface area contributed by atoms with E-state index in [2.05, 4.69) is 5.32 Å². The van der Waals surface area contributed by atoms with Gasteiger partial charge in [0.05, 0.1) is 0 Å². The van der Waals surface area contributed by atoms with Crippen molar-refractivity contribution >= 4 is 5.78 Å². The van der Waals surface area contributed by atoms with Crippen molar-refractivity contribution in [3.8, 4) is 11.5 Å². The molecule has 0 radical (unpaired) electrons. The summed E-state index contributed by atoms with van der Waals surface area (Å²) in [5, 5.41) is 3.38. The number of benzene rings is 1. The van der Waals surface area contributed by atoms with E-state index in [1.807, 2.05) is 18.2 Å². The smallest absolute Gasteiger partial charge is 0.231 e. The third-order valence-electron chi connectivity index (χ3n) is 3.84. The molecule has 2 aliphatic rings. The Labute approximate surface area is 113 Å². The molecule has 1 atom stereocenters. The van der Waals surface area contributed by atoms with Gasteiger partial charge in [0, 0.05) is 25.4 Å². The SMILES string of the molecule is O=C1CCCCC1CNCc1ccc2c(c1)OCO2. The minimum absolute atomic E-state index is 0.211. The standard InChI is InChI=1S/C15H19NO3/c17-13-4-2-1-3-12(13)9-16-8-11-5-6-14-15(7-11)19-10-18-14/h5-7,12,16H,1-4,8-10H2.